The summed E-state index contributed by atoms with van der Waals surface area (Å²) in [6.45, 7) is 10.3. The summed E-state index contributed by atoms with van der Waals surface area (Å²) in [4.78, 5) is 93.0. The average molecular weight is 1250 g/mol. The zero-order valence-electron chi connectivity index (χ0n) is 50.5. The maximum absolute atomic E-state index is 12.7. The number of aliphatic carboxylic acids is 1. The van der Waals surface area contributed by atoms with Gasteiger partial charge in [0.15, 0.2) is 0 Å². The molecular weight excluding hydrogens is 1170 g/mol. The summed E-state index contributed by atoms with van der Waals surface area (Å²) in [6, 6.07) is 26.3. The number of carbonyl (C=O) groups excluding carboxylic acids is 3. The number of rotatable bonds is 17. The van der Waals surface area contributed by atoms with E-state index in [-0.39, 0.29) is 36.4 Å². The van der Waals surface area contributed by atoms with Crippen molar-refractivity contribution in [3.05, 3.63) is 134 Å². The maximum Gasteiger partial charge on any atom is 0.328 e. The van der Waals surface area contributed by atoms with Crippen LogP contribution in [0.3, 0.4) is 0 Å². The molecule has 0 saturated carbocycles. The molecule has 6 aromatic heterocycles. The Morgan fingerprint density at radius 3 is 1.43 bits per heavy atom. The third-order valence-electron chi connectivity index (χ3n) is 14.6. The SMILES string of the molecule is CN(C)C/C=C/C(=O)NC1CN(c2ccnc(NC(=O)Nc3ccc(-c4cc5c(N6CCOCC6)ncnc5[nH]4)cc3)c2)C1.CN(C)C/C=C/C(=O)O.Cl.NC1CN(c2ccnc(NC(=O)Nc3ccc(-c4cc5c(N6CCOCC6)ncnc5[nH]4)cc3)c2)C1. The van der Waals surface area contributed by atoms with Crippen LogP contribution in [0.2, 0.25) is 0 Å². The number of aromatic amines is 2. The number of aromatic nitrogens is 8. The lowest BCUT2D eigenvalue weighted by atomic mass is 10.1. The minimum Gasteiger partial charge on any atom is -0.478 e. The smallest absolute Gasteiger partial charge is 0.328 e. The number of carboxylic acid groups (broad SMARTS) is 1. The third-order valence-corrected chi connectivity index (χ3v) is 14.6. The molecule has 5 amide bonds. The molecule has 10 heterocycles. The van der Waals surface area contributed by atoms with Gasteiger partial charge in [-0.1, -0.05) is 36.4 Å². The number of nitrogens with zero attached hydrogens (tertiary/aromatic N) is 12. The molecule has 12 rings (SSSR count). The van der Waals surface area contributed by atoms with Crippen LogP contribution < -0.4 is 51.9 Å². The van der Waals surface area contributed by atoms with E-state index in [1.54, 1.807) is 37.2 Å². The van der Waals surface area contributed by atoms with Crippen molar-refractivity contribution in [1.82, 2.24) is 55.0 Å². The minimum atomic E-state index is -0.892. The van der Waals surface area contributed by atoms with E-state index in [1.165, 1.54) is 0 Å². The van der Waals surface area contributed by atoms with Crippen molar-refractivity contribution >= 4 is 104 Å². The number of hydrogen-bond acceptors (Lipinski definition) is 19. The van der Waals surface area contributed by atoms with Crippen molar-refractivity contribution < 1.29 is 33.8 Å². The second kappa shape index (κ2) is 30.9. The van der Waals surface area contributed by atoms with Gasteiger partial charge in [-0.2, -0.15) is 0 Å². The summed E-state index contributed by atoms with van der Waals surface area (Å²) in [5.41, 5.74) is 14.5. The molecule has 0 aliphatic carbocycles. The predicted octanol–water partition coefficient (Wildman–Crippen LogP) is 6.18. The number of fused-ring (bicyclic) bond motifs is 2. The van der Waals surface area contributed by atoms with E-state index in [2.05, 4.69) is 98.2 Å². The van der Waals surface area contributed by atoms with Gasteiger partial charge >= 0.3 is 18.0 Å². The number of ether oxygens (including phenoxy) is 2. The first-order chi connectivity index (χ1) is 43.2. The molecule has 0 unspecified atom stereocenters. The first-order valence-corrected chi connectivity index (χ1v) is 29.2. The Labute approximate surface area is 526 Å². The van der Waals surface area contributed by atoms with Gasteiger partial charge in [0.2, 0.25) is 5.91 Å². The number of urea groups is 2. The molecule has 10 N–H and O–H groups in total. The number of carbonyl (C=O) groups is 4. The minimum absolute atomic E-state index is 0. The molecule has 472 valence electrons. The molecule has 90 heavy (non-hydrogen) atoms. The highest BCUT2D eigenvalue weighted by Gasteiger charge is 2.29. The lowest BCUT2D eigenvalue weighted by molar-refractivity contribution is -0.131. The van der Waals surface area contributed by atoms with Gasteiger partial charge in [0, 0.05) is 142 Å². The van der Waals surface area contributed by atoms with Crippen molar-refractivity contribution in [1.29, 1.82) is 0 Å². The average Bonchev–Trinajstić information content (AvgIpc) is 1.85. The first kappa shape index (κ1) is 64.7. The molecule has 2 aromatic carbocycles. The molecular formula is C62H75ClN20O7. The van der Waals surface area contributed by atoms with E-state index in [1.807, 2.05) is 117 Å². The Balaban J connectivity index is 0.000000188. The highest BCUT2D eigenvalue weighted by atomic mass is 35.5. The van der Waals surface area contributed by atoms with Gasteiger partial charge in [-0.15, -0.1) is 12.4 Å². The van der Waals surface area contributed by atoms with Gasteiger partial charge in [-0.05, 0) is 87.8 Å². The topological polar surface area (TPSA) is 322 Å². The van der Waals surface area contributed by atoms with E-state index in [0.717, 1.165) is 113 Å². The fraction of sp³-hybridized carbons (Fsp3) is 0.323. The number of nitrogens with one attached hydrogen (secondary N) is 7. The fourth-order valence-electron chi connectivity index (χ4n) is 10.1. The molecule has 0 radical (unpaired) electrons. The van der Waals surface area contributed by atoms with E-state index in [4.69, 9.17) is 20.3 Å². The Bertz CT molecular complexity index is 3760. The highest BCUT2D eigenvalue weighted by Crippen LogP contribution is 2.32. The molecule has 4 aliphatic rings. The number of amides is 5. The molecule has 4 aliphatic heterocycles. The summed E-state index contributed by atoms with van der Waals surface area (Å²) in [7, 11) is 7.67. The molecule has 0 atom stereocenters. The first-order valence-electron chi connectivity index (χ1n) is 29.2. The van der Waals surface area contributed by atoms with Gasteiger partial charge in [0.25, 0.3) is 0 Å². The van der Waals surface area contributed by atoms with Crippen LogP contribution in [0.4, 0.5) is 55.6 Å². The van der Waals surface area contributed by atoms with Crippen LogP contribution in [0.15, 0.2) is 134 Å². The second-order valence-corrected chi connectivity index (χ2v) is 22.0. The molecule has 4 fully saturated rings. The van der Waals surface area contributed by atoms with Crippen LogP contribution in [0, 0.1) is 0 Å². The van der Waals surface area contributed by atoms with E-state index < -0.39 is 12.0 Å². The van der Waals surface area contributed by atoms with Gasteiger partial charge in [-0.25, -0.2) is 44.3 Å². The van der Waals surface area contributed by atoms with Gasteiger partial charge in [-0.3, -0.25) is 15.4 Å². The van der Waals surface area contributed by atoms with Crippen LogP contribution in [-0.2, 0) is 19.1 Å². The number of pyridine rings is 2. The highest BCUT2D eigenvalue weighted by molar-refractivity contribution is 6.01. The van der Waals surface area contributed by atoms with Gasteiger partial charge < -0.3 is 75.6 Å². The van der Waals surface area contributed by atoms with Gasteiger partial charge in [0.1, 0.15) is 47.2 Å². The van der Waals surface area contributed by atoms with Crippen LogP contribution in [-0.4, -0.2) is 211 Å². The summed E-state index contributed by atoms with van der Waals surface area (Å²) >= 11 is 0. The number of H-pyrrole nitrogens is 2. The normalized spacial score (nSPS) is 15.1. The van der Waals surface area contributed by atoms with Crippen molar-refractivity contribution in [2.45, 2.75) is 12.1 Å². The summed E-state index contributed by atoms with van der Waals surface area (Å²) in [5.74, 6) is 1.75. The van der Waals surface area contributed by atoms with Crippen molar-refractivity contribution in [2.75, 3.05) is 161 Å². The summed E-state index contributed by atoms with van der Waals surface area (Å²) in [6.07, 6.45) is 12.7. The van der Waals surface area contributed by atoms with E-state index >= 15 is 0 Å². The molecule has 4 saturated heterocycles. The summed E-state index contributed by atoms with van der Waals surface area (Å²) < 4.78 is 11.0. The predicted molar refractivity (Wildman–Crippen MR) is 353 cm³/mol. The van der Waals surface area contributed by atoms with Gasteiger partial charge in [0.05, 0.1) is 43.2 Å². The molecule has 28 heteroatoms. The number of benzene rings is 2. The number of halogens is 1. The Morgan fingerprint density at radius 1 is 0.578 bits per heavy atom. The Hall–Kier alpha value is -9.77. The molecule has 0 bridgehead atoms. The number of likely N-dealkylation sites (N-methyl/N-ethyl adjacent to an activating group) is 2. The molecule has 8 aromatic rings. The molecule has 27 nitrogen and oxygen atoms in total. The van der Waals surface area contributed by atoms with Crippen molar-refractivity contribution in [3.63, 3.8) is 0 Å². The van der Waals surface area contributed by atoms with E-state index in [9.17, 15) is 19.2 Å². The maximum atomic E-state index is 12.7. The number of nitrogens with two attached hydrogens (primary N) is 1. The third kappa shape index (κ3) is 17.7. The lowest BCUT2D eigenvalue weighted by Crippen LogP contribution is -2.59. The van der Waals surface area contributed by atoms with E-state index in [0.29, 0.717) is 75.6 Å². The largest absolute Gasteiger partial charge is 0.478 e. The van der Waals surface area contributed by atoms with Crippen LogP contribution >= 0.6 is 12.4 Å². The lowest BCUT2D eigenvalue weighted by Gasteiger charge is -2.41. The number of carboxylic acids is 1. The number of anilines is 8. The van der Waals surface area contributed by atoms with Crippen molar-refractivity contribution in [2.24, 2.45) is 5.73 Å². The Kier molecular flexibility index (Phi) is 22.2. The van der Waals surface area contributed by atoms with Crippen molar-refractivity contribution in [3.8, 4) is 22.5 Å². The zero-order valence-corrected chi connectivity index (χ0v) is 51.3. The number of morpholine rings is 2. The van der Waals surface area contributed by atoms with Crippen LogP contribution in [0.25, 0.3) is 44.6 Å². The second-order valence-electron chi connectivity index (χ2n) is 22.0. The Morgan fingerprint density at radius 2 is 1.01 bits per heavy atom. The number of hydrogen-bond donors (Lipinski definition) is 9. The van der Waals surface area contributed by atoms with Crippen LogP contribution in [0.1, 0.15) is 0 Å². The monoisotopic (exact) mass is 1250 g/mol. The zero-order chi connectivity index (χ0) is 62.2. The molecule has 0 spiro atoms. The standard InChI is InChI=1S/C31H36N10O3.C25H27N9O2.C6H11NO2.ClH/c1-39(2)11-3-4-28(42)35-23-18-41(19-23)24-9-10-32-27(16-24)38-31(43)36-22-7-5-21(6-8-22)26-17-25-29(37-26)33-20-34-30(25)40-12-14-44-15-13-40;26-17-13-34(14-17)19-5-6-27-22(11-19)32-25(35)30-18-3-1-16(2-4-18)21-12-20-23(31-21)28-15-29-24(20)33-7-9-36-10-8-33;1-7(2)5-3-4-6(8)9;/h3-10,16-17,20,23H,11-15,18-19H2,1-2H3,(H,35,42)(H,33,34,37)(H2,32,36,38,43);1-6,11-12,15,17H,7-10,13-14,26H2,(H,28,29,31)(H2,27,30,32,35);3-4H,5H2,1-2H3,(H,8,9);1H/b4-3+;;4-3+;. The quantitative estimate of drug-likeness (QED) is 0.0460. The fourth-order valence-corrected chi connectivity index (χ4v) is 10.1. The van der Waals surface area contributed by atoms with Crippen LogP contribution in [0.5, 0.6) is 0 Å². The summed E-state index contributed by atoms with van der Waals surface area (Å²) in [5, 5.41) is 24.4.